The van der Waals surface area contributed by atoms with Crippen LogP contribution in [0.1, 0.15) is 18.4 Å². The Balaban J connectivity index is 2.30. The molecule has 1 aliphatic heterocycles. The highest BCUT2D eigenvalue weighted by molar-refractivity contribution is 7.98. The van der Waals surface area contributed by atoms with Crippen molar-refractivity contribution >= 4 is 46.5 Å². The summed E-state index contributed by atoms with van der Waals surface area (Å²) in [5, 5.41) is 3.18. The largest absolute Gasteiger partial charge is 0.389 e. The van der Waals surface area contributed by atoms with Crippen molar-refractivity contribution in [2.45, 2.75) is 23.8 Å². The molecule has 1 aromatic carbocycles. The molecular formula is C14H17N3O2S2. The summed E-state index contributed by atoms with van der Waals surface area (Å²) in [5.74, 6) is -0.375. The third kappa shape index (κ3) is 3.19. The first kappa shape index (κ1) is 15.8. The van der Waals surface area contributed by atoms with Gasteiger partial charge in [0.1, 0.15) is 11.0 Å². The number of nitrogens with zero attached hydrogens (tertiary/aromatic N) is 1. The van der Waals surface area contributed by atoms with Crippen molar-refractivity contribution in [3.63, 3.8) is 0 Å². The molecule has 1 unspecified atom stereocenters. The number of carbonyl (C=O) groups is 2. The van der Waals surface area contributed by atoms with Crippen molar-refractivity contribution < 1.29 is 9.59 Å². The molecule has 2 rings (SSSR count). The highest BCUT2D eigenvalue weighted by Crippen LogP contribution is 2.28. The van der Waals surface area contributed by atoms with E-state index in [0.717, 1.165) is 16.1 Å². The van der Waals surface area contributed by atoms with Crippen LogP contribution in [0.3, 0.4) is 0 Å². The molecule has 1 atom stereocenters. The summed E-state index contributed by atoms with van der Waals surface area (Å²) in [5.41, 5.74) is 7.28. The Morgan fingerprint density at radius 2 is 2.19 bits per heavy atom. The van der Waals surface area contributed by atoms with Gasteiger partial charge >= 0.3 is 0 Å². The van der Waals surface area contributed by atoms with E-state index in [0.29, 0.717) is 12.8 Å². The molecule has 21 heavy (non-hydrogen) atoms. The molecule has 0 radical (unpaired) electrons. The zero-order chi connectivity index (χ0) is 15.6. The fraction of sp³-hybridized carbons (Fsp3) is 0.357. The summed E-state index contributed by atoms with van der Waals surface area (Å²) in [6.07, 6.45) is 2.77. The lowest BCUT2D eigenvalue weighted by Crippen LogP contribution is -2.48. The van der Waals surface area contributed by atoms with E-state index in [9.17, 15) is 9.59 Å². The van der Waals surface area contributed by atoms with Crippen LogP contribution in [0.5, 0.6) is 0 Å². The van der Waals surface area contributed by atoms with Gasteiger partial charge in [0.05, 0.1) is 0 Å². The van der Waals surface area contributed by atoms with E-state index in [1.165, 1.54) is 11.9 Å². The van der Waals surface area contributed by atoms with Crippen LogP contribution < -0.4 is 11.1 Å². The second kappa shape index (κ2) is 6.44. The van der Waals surface area contributed by atoms with Gasteiger partial charge in [-0.25, -0.2) is 0 Å². The van der Waals surface area contributed by atoms with E-state index in [4.69, 9.17) is 18.0 Å². The molecule has 3 N–H and O–H groups in total. The van der Waals surface area contributed by atoms with E-state index in [1.807, 2.05) is 24.5 Å². The summed E-state index contributed by atoms with van der Waals surface area (Å²) in [4.78, 5) is 26.1. The van der Waals surface area contributed by atoms with Gasteiger partial charge < -0.3 is 11.1 Å². The predicted molar refractivity (Wildman–Crippen MR) is 88.5 cm³/mol. The van der Waals surface area contributed by atoms with Gasteiger partial charge in [0.25, 0.3) is 5.91 Å². The molecule has 7 heteroatoms. The molecule has 0 aromatic heterocycles. The number of piperidine rings is 1. The van der Waals surface area contributed by atoms with Crippen molar-refractivity contribution in [2.24, 2.45) is 5.73 Å². The summed E-state index contributed by atoms with van der Waals surface area (Å²) < 4.78 is 0. The minimum Gasteiger partial charge on any atom is -0.389 e. The minimum atomic E-state index is -0.432. The number of benzene rings is 1. The summed E-state index contributed by atoms with van der Waals surface area (Å²) in [7, 11) is 1.51. The number of nitrogens with two attached hydrogens (primary N) is 1. The highest BCUT2D eigenvalue weighted by atomic mass is 32.2. The van der Waals surface area contributed by atoms with Gasteiger partial charge in [-0.2, -0.15) is 0 Å². The Morgan fingerprint density at radius 3 is 2.81 bits per heavy atom. The zero-order valence-corrected chi connectivity index (χ0v) is 13.5. The van der Waals surface area contributed by atoms with Crippen LogP contribution in [-0.4, -0.2) is 41.0 Å². The average molecular weight is 323 g/mol. The molecule has 0 saturated carbocycles. The fourth-order valence-corrected chi connectivity index (χ4v) is 3.24. The SMILES string of the molecule is CSc1cccc(NC2CCC(=O)N(C)C2=O)c1C(N)=S. The lowest BCUT2D eigenvalue weighted by molar-refractivity contribution is -0.146. The van der Waals surface area contributed by atoms with Crippen molar-refractivity contribution in [3.05, 3.63) is 23.8 Å². The first-order chi connectivity index (χ1) is 9.95. The number of rotatable bonds is 4. The third-order valence-electron chi connectivity index (χ3n) is 3.47. The predicted octanol–water partition coefficient (Wildman–Crippen LogP) is 1.60. The lowest BCUT2D eigenvalue weighted by Gasteiger charge is -2.29. The molecule has 2 amide bonds. The Labute approximate surface area is 133 Å². The van der Waals surface area contributed by atoms with Crippen LogP contribution in [0, 0.1) is 0 Å². The number of hydrogen-bond acceptors (Lipinski definition) is 5. The fourth-order valence-electron chi connectivity index (χ4n) is 2.31. The molecular weight excluding hydrogens is 306 g/mol. The van der Waals surface area contributed by atoms with E-state index in [-0.39, 0.29) is 16.8 Å². The summed E-state index contributed by atoms with van der Waals surface area (Å²) in [6.45, 7) is 0. The number of amides is 2. The van der Waals surface area contributed by atoms with Gasteiger partial charge in [-0.3, -0.25) is 14.5 Å². The Kier molecular flexibility index (Phi) is 4.84. The number of likely N-dealkylation sites (tertiary alicyclic amines) is 1. The molecule has 0 aliphatic carbocycles. The monoisotopic (exact) mass is 323 g/mol. The number of thioether (sulfide) groups is 1. The van der Waals surface area contributed by atoms with E-state index < -0.39 is 6.04 Å². The normalized spacial score (nSPS) is 18.8. The van der Waals surface area contributed by atoms with Crippen LogP contribution in [0.25, 0.3) is 0 Å². The molecule has 112 valence electrons. The Bertz CT molecular complexity index is 604. The maximum Gasteiger partial charge on any atom is 0.251 e. The van der Waals surface area contributed by atoms with Gasteiger partial charge in [-0.05, 0) is 24.8 Å². The van der Waals surface area contributed by atoms with Crippen LogP contribution >= 0.6 is 24.0 Å². The van der Waals surface area contributed by atoms with Gasteiger partial charge in [0, 0.05) is 29.6 Å². The number of likely N-dealkylation sites (N-methyl/N-ethyl adjacent to an activating group) is 1. The van der Waals surface area contributed by atoms with Gasteiger partial charge in [-0.15, -0.1) is 11.8 Å². The quantitative estimate of drug-likeness (QED) is 0.498. The molecule has 0 spiro atoms. The van der Waals surface area contributed by atoms with Crippen LogP contribution in [0.4, 0.5) is 5.69 Å². The maximum atomic E-state index is 12.1. The number of carbonyl (C=O) groups excluding carboxylic acids is 2. The molecule has 1 aromatic rings. The number of thiocarbonyl (C=S) groups is 1. The maximum absolute atomic E-state index is 12.1. The Morgan fingerprint density at radius 1 is 1.48 bits per heavy atom. The third-order valence-corrected chi connectivity index (χ3v) is 4.46. The number of nitrogens with one attached hydrogen (secondary N) is 1. The van der Waals surface area contributed by atoms with Crippen molar-refractivity contribution in [1.29, 1.82) is 0 Å². The molecule has 1 saturated heterocycles. The smallest absolute Gasteiger partial charge is 0.251 e. The first-order valence-electron chi connectivity index (χ1n) is 6.49. The molecule has 1 fully saturated rings. The minimum absolute atomic E-state index is 0.148. The second-order valence-electron chi connectivity index (χ2n) is 4.77. The molecule has 0 bridgehead atoms. The van der Waals surface area contributed by atoms with Crippen LogP contribution in [0.15, 0.2) is 23.1 Å². The van der Waals surface area contributed by atoms with Crippen molar-refractivity contribution in [2.75, 3.05) is 18.6 Å². The molecule has 1 aliphatic rings. The van der Waals surface area contributed by atoms with Crippen LogP contribution in [0.2, 0.25) is 0 Å². The van der Waals surface area contributed by atoms with Crippen molar-refractivity contribution in [1.82, 2.24) is 4.90 Å². The van der Waals surface area contributed by atoms with E-state index in [2.05, 4.69) is 5.32 Å². The Hall–Kier alpha value is -1.60. The second-order valence-corrected chi connectivity index (χ2v) is 6.06. The van der Waals surface area contributed by atoms with Gasteiger partial charge in [0.2, 0.25) is 5.91 Å². The number of imide groups is 1. The molecule has 5 nitrogen and oxygen atoms in total. The topological polar surface area (TPSA) is 75.4 Å². The summed E-state index contributed by atoms with van der Waals surface area (Å²) in [6, 6.07) is 5.23. The standard InChI is InChI=1S/C14H17N3O2S2/c1-17-11(18)7-6-9(14(17)19)16-8-4-3-5-10(21-2)12(8)13(15)20/h3-5,9,16H,6-7H2,1-2H3,(H2,15,20). The molecule has 1 heterocycles. The van der Waals surface area contributed by atoms with Gasteiger partial charge in [-0.1, -0.05) is 18.3 Å². The highest BCUT2D eigenvalue weighted by Gasteiger charge is 2.32. The number of hydrogen-bond donors (Lipinski definition) is 2. The lowest BCUT2D eigenvalue weighted by atomic mass is 10.0. The number of anilines is 1. The van der Waals surface area contributed by atoms with Crippen molar-refractivity contribution in [3.8, 4) is 0 Å². The summed E-state index contributed by atoms with van der Waals surface area (Å²) >= 11 is 6.66. The first-order valence-corrected chi connectivity index (χ1v) is 8.12. The van der Waals surface area contributed by atoms with Crippen LogP contribution in [-0.2, 0) is 9.59 Å². The van der Waals surface area contributed by atoms with E-state index >= 15 is 0 Å². The average Bonchev–Trinajstić information content (AvgIpc) is 2.47. The van der Waals surface area contributed by atoms with E-state index in [1.54, 1.807) is 11.8 Å². The van der Waals surface area contributed by atoms with Gasteiger partial charge in [0.15, 0.2) is 0 Å². The zero-order valence-electron chi connectivity index (χ0n) is 11.9.